The lowest BCUT2D eigenvalue weighted by Gasteiger charge is -2.34. The van der Waals surface area contributed by atoms with Crippen molar-refractivity contribution in [3.63, 3.8) is 0 Å². The number of carbonyl (C=O) groups excluding carboxylic acids is 1. The molecule has 1 heterocycles. The van der Waals surface area contributed by atoms with Crippen LogP contribution in [0.25, 0.3) is 0 Å². The minimum Gasteiger partial charge on any atom is -0.355 e. The van der Waals surface area contributed by atoms with Gasteiger partial charge in [0.2, 0.25) is 5.91 Å². The fraction of sp³-hybridized carbons (Fsp3) is 0.625. The highest BCUT2D eigenvalue weighted by Crippen LogP contribution is 2.13. The van der Waals surface area contributed by atoms with Crippen molar-refractivity contribution in [1.29, 1.82) is 0 Å². The molecule has 0 saturated carbocycles. The molecule has 0 aliphatic carbocycles. The van der Waals surface area contributed by atoms with Crippen LogP contribution < -0.4 is 5.32 Å². The van der Waals surface area contributed by atoms with E-state index < -0.39 is 0 Å². The van der Waals surface area contributed by atoms with Gasteiger partial charge in [0.15, 0.2) is 0 Å². The van der Waals surface area contributed by atoms with Gasteiger partial charge < -0.3 is 10.2 Å². The van der Waals surface area contributed by atoms with Crippen molar-refractivity contribution in [2.75, 3.05) is 6.67 Å². The first kappa shape index (κ1) is 8.11. The van der Waals surface area contributed by atoms with Crippen LogP contribution in [0.3, 0.4) is 0 Å². The Morgan fingerprint density at radius 1 is 1.64 bits per heavy atom. The molecule has 1 N–H and O–H groups in total. The van der Waals surface area contributed by atoms with E-state index in [4.69, 9.17) is 0 Å². The first-order valence-electron chi connectivity index (χ1n) is 3.82. The number of hydrogen-bond donors (Lipinski definition) is 1. The molecule has 0 unspecified atom stereocenters. The SMILES string of the molecule is C=C1CC(=O)NCN1C(C)C. The molecule has 0 spiro atoms. The van der Waals surface area contributed by atoms with Crippen molar-refractivity contribution in [1.82, 2.24) is 10.2 Å². The van der Waals surface area contributed by atoms with Gasteiger partial charge >= 0.3 is 0 Å². The number of amides is 1. The third-order valence-corrected chi connectivity index (χ3v) is 1.84. The van der Waals surface area contributed by atoms with Crippen LogP contribution in [0, 0.1) is 0 Å². The van der Waals surface area contributed by atoms with E-state index in [1.807, 2.05) is 0 Å². The normalized spacial score (nSPS) is 19.0. The van der Waals surface area contributed by atoms with Gasteiger partial charge in [-0.1, -0.05) is 6.58 Å². The van der Waals surface area contributed by atoms with Gasteiger partial charge in [-0.25, -0.2) is 0 Å². The average Bonchev–Trinajstić information content (AvgIpc) is 1.85. The van der Waals surface area contributed by atoms with E-state index >= 15 is 0 Å². The fourth-order valence-electron chi connectivity index (χ4n) is 1.18. The zero-order chi connectivity index (χ0) is 8.43. The second kappa shape index (κ2) is 2.95. The summed E-state index contributed by atoms with van der Waals surface area (Å²) in [5.41, 5.74) is 0.920. The molecule has 0 radical (unpaired) electrons. The van der Waals surface area contributed by atoms with E-state index in [9.17, 15) is 4.79 Å². The zero-order valence-electron chi connectivity index (χ0n) is 7.05. The van der Waals surface area contributed by atoms with Crippen molar-refractivity contribution < 1.29 is 4.79 Å². The quantitative estimate of drug-likeness (QED) is 0.602. The molecule has 3 heteroatoms. The lowest BCUT2D eigenvalue weighted by Crippen LogP contribution is -2.46. The molecular weight excluding hydrogens is 140 g/mol. The van der Waals surface area contributed by atoms with Crippen LogP contribution in [0.5, 0.6) is 0 Å². The largest absolute Gasteiger partial charge is 0.355 e. The Morgan fingerprint density at radius 2 is 2.27 bits per heavy atom. The van der Waals surface area contributed by atoms with Crippen molar-refractivity contribution in [3.8, 4) is 0 Å². The molecule has 0 aromatic rings. The van der Waals surface area contributed by atoms with E-state index in [0.717, 1.165) is 5.70 Å². The Morgan fingerprint density at radius 3 is 2.73 bits per heavy atom. The van der Waals surface area contributed by atoms with Gasteiger partial charge in [-0.15, -0.1) is 0 Å². The van der Waals surface area contributed by atoms with Gasteiger partial charge in [0.1, 0.15) is 0 Å². The van der Waals surface area contributed by atoms with Crippen LogP contribution in [-0.2, 0) is 4.79 Å². The summed E-state index contributed by atoms with van der Waals surface area (Å²) in [6.45, 7) is 8.61. The van der Waals surface area contributed by atoms with Gasteiger partial charge in [-0.05, 0) is 13.8 Å². The van der Waals surface area contributed by atoms with Crippen LogP contribution in [0.15, 0.2) is 12.3 Å². The van der Waals surface area contributed by atoms with Crippen molar-refractivity contribution in [3.05, 3.63) is 12.3 Å². The lowest BCUT2D eigenvalue weighted by molar-refractivity contribution is -0.123. The molecule has 1 saturated heterocycles. The van der Waals surface area contributed by atoms with Crippen LogP contribution in [0.1, 0.15) is 20.3 Å². The van der Waals surface area contributed by atoms with Crippen molar-refractivity contribution in [2.45, 2.75) is 26.3 Å². The highest BCUT2D eigenvalue weighted by Gasteiger charge is 2.19. The summed E-state index contributed by atoms with van der Waals surface area (Å²) in [6.07, 6.45) is 0.443. The van der Waals surface area contributed by atoms with Gasteiger partial charge in [-0.2, -0.15) is 0 Å². The Kier molecular flexibility index (Phi) is 2.17. The average molecular weight is 154 g/mol. The van der Waals surface area contributed by atoms with Crippen molar-refractivity contribution >= 4 is 5.91 Å². The van der Waals surface area contributed by atoms with E-state index in [2.05, 4.69) is 30.6 Å². The monoisotopic (exact) mass is 154 g/mol. The standard InChI is InChI=1S/C8H14N2O/c1-6(2)10-5-9-8(11)4-7(10)3/h6H,3-5H2,1-2H3,(H,9,11). The highest BCUT2D eigenvalue weighted by molar-refractivity contribution is 5.79. The summed E-state index contributed by atoms with van der Waals surface area (Å²) >= 11 is 0. The third kappa shape index (κ3) is 1.73. The molecule has 11 heavy (non-hydrogen) atoms. The van der Waals surface area contributed by atoms with Crippen LogP contribution in [0.2, 0.25) is 0 Å². The molecule has 0 aromatic carbocycles. The smallest absolute Gasteiger partial charge is 0.227 e. The summed E-state index contributed by atoms with van der Waals surface area (Å²) in [6, 6.07) is 0.420. The Bertz CT molecular complexity index is 187. The first-order valence-corrected chi connectivity index (χ1v) is 3.82. The van der Waals surface area contributed by atoms with Crippen LogP contribution >= 0.6 is 0 Å². The lowest BCUT2D eigenvalue weighted by atomic mass is 10.2. The number of carbonyl (C=O) groups is 1. The minimum atomic E-state index is 0.0758. The van der Waals surface area contributed by atoms with Gasteiger partial charge in [0.25, 0.3) is 0 Å². The van der Waals surface area contributed by atoms with Crippen LogP contribution in [-0.4, -0.2) is 23.5 Å². The zero-order valence-corrected chi connectivity index (χ0v) is 7.05. The maximum Gasteiger partial charge on any atom is 0.227 e. The molecule has 1 aliphatic rings. The summed E-state index contributed by atoms with van der Waals surface area (Å²) < 4.78 is 0. The summed E-state index contributed by atoms with van der Waals surface area (Å²) in [7, 11) is 0. The Labute approximate surface area is 67.1 Å². The molecule has 0 aromatic heterocycles. The van der Waals surface area contributed by atoms with E-state index in [-0.39, 0.29) is 5.91 Å². The van der Waals surface area contributed by atoms with Crippen molar-refractivity contribution in [2.24, 2.45) is 0 Å². The topological polar surface area (TPSA) is 32.3 Å². The van der Waals surface area contributed by atoms with E-state index in [1.54, 1.807) is 0 Å². The Hall–Kier alpha value is -0.990. The summed E-state index contributed by atoms with van der Waals surface area (Å²) in [5, 5.41) is 2.77. The fourth-order valence-corrected chi connectivity index (χ4v) is 1.18. The van der Waals surface area contributed by atoms with Gasteiger partial charge in [-0.3, -0.25) is 4.79 Å². The predicted molar refractivity (Wildman–Crippen MR) is 43.7 cm³/mol. The molecule has 62 valence electrons. The molecule has 1 aliphatic heterocycles. The molecule has 1 rings (SSSR count). The number of nitrogens with one attached hydrogen (secondary N) is 1. The first-order chi connectivity index (χ1) is 5.11. The minimum absolute atomic E-state index is 0.0758. The molecule has 1 fully saturated rings. The van der Waals surface area contributed by atoms with Crippen LogP contribution in [0.4, 0.5) is 0 Å². The number of nitrogens with zero attached hydrogens (tertiary/aromatic N) is 1. The maximum atomic E-state index is 10.8. The van der Waals surface area contributed by atoms with E-state index in [0.29, 0.717) is 19.1 Å². The molecular formula is C8H14N2O. The molecule has 3 nitrogen and oxygen atoms in total. The predicted octanol–water partition coefficient (Wildman–Crippen LogP) is 0.688. The number of hydrogen-bond acceptors (Lipinski definition) is 2. The van der Waals surface area contributed by atoms with Gasteiger partial charge in [0, 0.05) is 11.7 Å². The summed E-state index contributed by atoms with van der Waals surface area (Å²) in [4.78, 5) is 12.9. The Balaban J connectivity index is 2.57. The maximum absolute atomic E-state index is 10.8. The second-order valence-electron chi connectivity index (χ2n) is 3.06. The molecule has 1 amide bonds. The highest BCUT2D eigenvalue weighted by atomic mass is 16.1. The molecule has 0 bridgehead atoms. The number of rotatable bonds is 1. The van der Waals surface area contributed by atoms with Gasteiger partial charge in [0.05, 0.1) is 13.1 Å². The third-order valence-electron chi connectivity index (χ3n) is 1.84. The second-order valence-corrected chi connectivity index (χ2v) is 3.06. The van der Waals surface area contributed by atoms with E-state index in [1.165, 1.54) is 0 Å². The molecule has 0 atom stereocenters. The summed E-state index contributed by atoms with van der Waals surface area (Å²) in [5.74, 6) is 0.0758.